The van der Waals surface area contributed by atoms with Gasteiger partial charge in [-0.15, -0.1) is 0 Å². The van der Waals surface area contributed by atoms with E-state index < -0.39 is 0 Å². The Morgan fingerprint density at radius 1 is 0.944 bits per heavy atom. The number of aliphatic hydroxyl groups is 1. The monoisotopic (exact) mass is 241 g/mol. The van der Waals surface area contributed by atoms with Crippen LogP contribution in [0.3, 0.4) is 0 Å². The normalized spacial score (nSPS) is 12.4. The molecule has 1 atom stereocenters. The number of benzene rings is 2. The summed E-state index contributed by atoms with van der Waals surface area (Å²) in [7, 11) is 0. The first-order valence-electron chi connectivity index (χ1n) is 6.24. The second-order valence-electron chi connectivity index (χ2n) is 4.61. The molecule has 94 valence electrons. The van der Waals surface area contributed by atoms with Crippen LogP contribution in [0.15, 0.2) is 48.5 Å². The lowest BCUT2D eigenvalue weighted by Crippen LogP contribution is -2.11. The van der Waals surface area contributed by atoms with Crippen LogP contribution in [0.2, 0.25) is 0 Å². The molecule has 0 aliphatic heterocycles. The molecule has 0 spiro atoms. The average molecular weight is 241 g/mol. The Hall–Kier alpha value is -1.64. The predicted octanol–water partition coefficient (Wildman–Crippen LogP) is 3.04. The molecular weight excluding hydrogens is 222 g/mol. The van der Waals surface area contributed by atoms with Gasteiger partial charge in [-0.1, -0.05) is 54.1 Å². The molecule has 2 aromatic carbocycles. The summed E-state index contributed by atoms with van der Waals surface area (Å²) in [5.74, 6) is 0. The van der Waals surface area contributed by atoms with Gasteiger partial charge < -0.3 is 10.8 Å². The van der Waals surface area contributed by atoms with Crippen LogP contribution in [-0.4, -0.2) is 11.7 Å². The molecule has 3 N–H and O–H groups in total. The Bertz CT molecular complexity index is 488. The maximum Gasteiger partial charge on any atom is 0.0449 e. The van der Waals surface area contributed by atoms with E-state index in [1.54, 1.807) is 0 Å². The van der Waals surface area contributed by atoms with Crippen molar-refractivity contribution >= 4 is 0 Å². The Morgan fingerprint density at radius 2 is 1.44 bits per heavy atom. The van der Waals surface area contributed by atoms with Crippen molar-refractivity contribution in [3.05, 3.63) is 59.7 Å². The lowest BCUT2D eigenvalue weighted by atomic mass is 9.99. The minimum absolute atomic E-state index is 0.0814. The Balaban J connectivity index is 2.19. The molecule has 2 heteroatoms. The molecule has 0 aliphatic carbocycles. The van der Waals surface area contributed by atoms with E-state index in [1.807, 2.05) is 12.1 Å². The van der Waals surface area contributed by atoms with E-state index in [-0.39, 0.29) is 12.6 Å². The second kappa shape index (κ2) is 5.80. The number of hydrogen-bond donors (Lipinski definition) is 2. The van der Waals surface area contributed by atoms with Crippen LogP contribution in [0.1, 0.15) is 23.6 Å². The fourth-order valence-corrected chi connectivity index (χ4v) is 1.97. The van der Waals surface area contributed by atoms with Crippen molar-refractivity contribution in [2.45, 2.75) is 19.4 Å². The topological polar surface area (TPSA) is 46.2 Å². The standard InChI is InChI=1S/C16H19NO/c1-12-2-4-13(5-3-12)14-6-8-15(9-7-14)16(17)10-11-18/h2-9,16,18H,10-11,17H2,1H3/t16-/m0/s1. The molecule has 2 aromatic rings. The molecule has 2 rings (SSSR count). The van der Waals surface area contributed by atoms with Crippen molar-refractivity contribution < 1.29 is 5.11 Å². The number of aryl methyl sites for hydroxylation is 1. The highest BCUT2D eigenvalue weighted by atomic mass is 16.3. The van der Waals surface area contributed by atoms with E-state index in [0.29, 0.717) is 6.42 Å². The molecule has 2 nitrogen and oxygen atoms in total. The van der Waals surface area contributed by atoms with Gasteiger partial charge in [0.25, 0.3) is 0 Å². The third kappa shape index (κ3) is 2.97. The summed E-state index contributed by atoms with van der Waals surface area (Å²) in [6, 6.07) is 16.6. The van der Waals surface area contributed by atoms with Gasteiger partial charge in [-0.3, -0.25) is 0 Å². The summed E-state index contributed by atoms with van der Waals surface area (Å²) >= 11 is 0. The quantitative estimate of drug-likeness (QED) is 0.864. The molecule has 0 aliphatic rings. The van der Waals surface area contributed by atoms with Gasteiger partial charge in [0.05, 0.1) is 0 Å². The summed E-state index contributed by atoms with van der Waals surface area (Å²) in [6.07, 6.45) is 0.601. The second-order valence-corrected chi connectivity index (χ2v) is 4.61. The zero-order chi connectivity index (χ0) is 13.0. The summed E-state index contributed by atoms with van der Waals surface area (Å²) in [6.45, 7) is 2.21. The molecular formula is C16H19NO. The Morgan fingerprint density at radius 3 is 1.94 bits per heavy atom. The maximum absolute atomic E-state index is 8.88. The molecule has 0 bridgehead atoms. The first-order valence-corrected chi connectivity index (χ1v) is 6.24. The van der Waals surface area contributed by atoms with Crippen LogP contribution in [0, 0.1) is 6.92 Å². The molecule has 0 aromatic heterocycles. The van der Waals surface area contributed by atoms with E-state index in [9.17, 15) is 0 Å². The number of aliphatic hydroxyl groups excluding tert-OH is 1. The van der Waals surface area contributed by atoms with Crippen LogP contribution in [-0.2, 0) is 0 Å². The molecule has 0 amide bonds. The summed E-state index contributed by atoms with van der Waals surface area (Å²) < 4.78 is 0. The van der Waals surface area contributed by atoms with Crippen molar-refractivity contribution in [2.75, 3.05) is 6.61 Å². The van der Waals surface area contributed by atoms with Crippen molar-refractivity contribution in [3.63, 3.8) is 0 Å². The zero-order valence-corrected chi connectivity index (χ0v) is 10.6. The maximum atomic E-state index is 8.88. The van der Waals surface area contributed by atoms with Crippen LogP contribution in [0.25, 0.3) is 11.1 Å². The summed E-state index contributed by atoms with van der Waals surface area (Å²) in [4.78, 5) is 0. The van der Waals surface area contributed by atoms with Gasteiger partial charge >= 0.3 is 0 Å². The highest BCUT2D eigenvalue weighted by molar-refractivity contribution is 5.64. The van der Waals surface area contributed by atoms with Crippen LogP contribution >= 0.6 is 0 Å². The van der Waals surface area contributed by atoms with Gasteiger partial charge in [0.1, 0.15) is 0 Å². The number of rotatable bonds is 4. The van der Waals surface area contributed by atoms with Crippen LogP contribution in [0.4, 0.5) is 0 Å². The summed E-state index contributed by atoms with van der Waals surface area (Å²) in [5.41, 5.74) is 10.7. The predicted molar refractivity (Wildman–Crippen MR) is 75.2 cm³/mol. The van der Waals surface area contributed by atoms with E-state index in [0.717, 1.165) is 5.56 Å². The molecule has 0 radical (unpaired) electrons. The third-order valence-corrected chi connectivity index (χ3v) is 3.16. The lowest BCUT2D eigenvalue weighted by molar-refractivity contribution is 0.276. The van der Waals surface area contributed by atoms with E-state index in [1.165, 1.54) is 16.7 Å². The Kier molecular flexibility index (Phi) is 4.13. The molecule has 18 heavy (non-hydrogen) atoms. The van der Waals surface area contributed by atoms with Crippen molar-refractivity contribution in [3.8, 4) is 11.1 Å². The van der Waals surface area contributed by atoms with Crippen molar-refractivity contribution in [2.24, 2.45) is 5.73 Å². The highest BCUT2D eigenvalue weighted by Crippen LogP contribution is 2.22. The first-order chi connectivity index (χ1) is 8.70. The third-order valence-electron chi connectivity index (χ3n) is 3.16. The SMILES string of the molecule is Cc1ccc(-c2ccc([C@@H](N)CCO)cc2)cc1. The minimum atomic E-state index is -0.0814. The van der Waals surface area contributed by atoms with E-state index in [2.05, 4.69) is 43.3 Å². The van der Waals surface area contributed by atoms with Gasteiger partial charge in [0.2, 0.25) is 0 Å². The molecule has 0 heterocycles. The van der Waals surface area contributed by atoms with E-state index >= 15 is 0 Å². The van der Waals surface area contributed by atoms with Crippen LogP contribution < -0.4 is 5.73 Å². The van der Waals surface area contributed by atoms with E-state index in [4.69, 9.17) is 10.8 Å². The fourth-order valence-electron chi connectivity index (χ4n) is 1.97. The van der Waals surface area contributed by atoms with Gasteiger partial charge in [-0.05, 0) is 30.0 Å². The Labute approximate surface area is 108 Å². The zero-order valence-electron chi connectivity index (χ0n) is 10.6. The largest absolute Gasteiger partial charge is 0.396 e. The summed E-state index contributed by atoms with van der Waals surface area (Å²) in [5, 5.41) is 8.88. The van der Waals surface area contributed by atoms with Crippen molar-refractivity contribution in [1.82, 2.24) is 0 Å². The number of nitrogens with two attached hydrogens (primary N) is 1. The lowest BCUT2D eigenvalue weighted by Gasteiger charge is -2.11. The molecule has 0 saturated heterocycles. The average Bonchev–Trinajstić information content (AvgIpc) is 2.40. The van der Waals surface area contributed by atoms with Gasteiger partial charge in [0, 0.05) is 12.6 Å². The molecule has 0 saturated carbocycles. The molecule has 0 fully saturated rings. The smallest absolute Gasteiger partial charge is 0.0449 e. The highest BCUT2D eigenvalue weighted by Gasteiger charge is 2.05. The van der Waals surface area contributed by atoms with Gasteiger partial charge in [-0.2, -0.15) is 0 Å². The minimum Gasteiger partial charge on any atom is -0.396 e. The first kappa shape index (κ1) is 12.8. The van der Waals surface area contributed by atoms with Crippen molar-refractivity contribution in [1.29, 1.82) is 0 Å². The van der Waals surface area contributed by atoms with Crippen LogP contribution in [0.5, 0.6) is 0 Å². The number of hydrogen-bond acceptors (Lipinski definition) is 2. The van der Waals surface area contributed by atoms with Gasteiger partial charge in [-0.25, -0.2) is 0 Å². The molecule has 0 unspecified atom stereocenters. The van der Waals surface area contributed by atoms with Gasteiger partial charge in [0.15, 0.2) is 0 Å². The fraction of sp³-hybridized carbons (Fsp3) is 0.250.